The summed E-state index contributed by atoms with van der Waals surface area (Å²) < 4.78 is 15.4. The van der Waals surface area contributed by atoms with Gasteiger partial charge in [-0.1, -0.05) is 23.2 Å². The summed E-state index contributed by atoms with van der Waals surface area (Å²) in [5.74, 6) is -0.281. The Balaban J connectivity index is 1.56. The fourth-order valence-electron chi connectivity index (χ4n) is 4.62. The van der Waals surface area contributed by atoms with Crippen LogP contribution in [0.5, 0.6) is 0 Å². The predicted octanol–water partition coefficient (Wildman–Crippen LogP) is 3.77. The van der Waals surface area contributed by atoms with Gasteiger partial charge in [0.05, 0.1) is 21.9 Å². The van der Waals surface area contributed by atoms with E-state index in [2.05, 4.69) is 44.2 Å². The van der Waals surface area contributed by atoms with E-state index in [1.807, 2.05) is 18.2 Å². The van der Waals surface area contributed by atoms with Gasteiger partial charge in [-0.05, 0) is 63.1 Å². The number of anilines is 3. The van der Waals surface area contributed by atoms with E-state index >= 15 is 4.39 Å². The molecule has 0 aromatic heterocycles. The van der Waals surface area contributed by atoms with Crippen LogP contribution in [0.25, 0.3) is 0 Å². The molecular weight excluding hydrogens is 508 g/mol. The molecule has 0 amide bonds. The van der Waals surface area contributed by atoms with Gasteiger partial charge in [0, 0.05) is 62.2 Å². The summed E-state index contributed by atoms with van der Waals surface area (Å²) in [6.45, 7) is 4.64. The summed E-state index contributed by atoms with van der Waals surface area (Å²) in [4.78, 5) is 8.86. The van der Waals surface area contributed by atoms with Crippen molar-refractivity contribution in [2.75, 3.05) is 68.1 Å². The molecule has 35 heavy (non-hydrogen) atoms. The molecule has 2 aliphatic heterocycles. The molecule has 1 atom stereocenters. The molecule has 0 spiro atoms. The van der Waals surface area contributed by atoms with Crippen LogP contribution in [-0.2, 0) is 0 Å². The lowest BCUT2D eigenvalue weighted by atomic mass is 10.1. The van der Waals surface area contributed by atoms with Crippen molar-refractivity contribution in [3.05, 3.63) is 51.8 Å². The molecule has 2 aliphatic rings. The van der Waals surface area contributed by atoms with Crippen molar-refractivity contribution in [1.82, 2.24) is 10.3 Å². The number of nitrogens with one attached hydrogen (secondary N) is 1. The number of hydrogen-bond donors (Lipinski definition) is 2. The highest BCUT2D eigenvalue weighted by Crippen LogP contribution is 2.33. The summed E-state index contributed by atoms with van der Waals surface area (Å²) in [6.07, 6.45) is 2.62. The van der Waals surface area contributed by atoms with E-state index in [0.29, 0.717) is 40.4 Å². The van der Waals surface area contributed by atoms with E-state index in [4.69, 9.17) is 41.2 Å². The number of nitrogens with zero attached hydrogens (tertiary/aromatic N) is 5. The number of likely N-dealkylation sites (N-methyl/N-ethyl adjacent to an activating group) is 1. The van der Waals surface area contributed by atoms with Crippen molar-refractivity contribution in [2.24, 2.45) is 10.8 Å². The zero-order valence-corrected chi connectivity index (χ0v) is 22.2. The SMILES string of the molecule is CN(C)[C@@H]1CCN(c2cc(N3CCN(c4ccc(Cl)c(Cl)c4)CC3)c(F)cc2/C=N/NC(N)=S)C1. The van der Waals surface area contributed by atoms with Gasteiger partial charge in [-0.2, -0.15) is 5.10 Å². The summed E-state index contributed by atoms with van der Waals surface area (Å²) in [7, 11) is 4.18. The second-order valence-electron chi connectivity index (χ2n) is 9.02. The molecule has 0 saturated carbocycles. The second kappa shape index (κ2) is 11.2. The molecule has 188 valence electrons. The number of benzene rings is 2. The summed E-state index contributed by atoms with van der Waals surface area (Å²) in [6, 6.07) is 9.58. The molecule has 0 aliphatic carbocycles. The number of halogens is 3. The normalized spacial score (nSPS) is 18.7. The molecule has 0 unspecified atom stereocenters. The minimum atomic E-state index is -0.281. The Morgan fingerprint density at radius 3 is 2.40 bits per heavy atom. The number of hydrogen-bond acceptors (Lipinski definition) is 6. The number of piperazine rings is 1. The molecular formula is C24H30Cl2FN7S. The van der Waals surface area contributed by atoms with E-state index < -0.39 is 0 Å². The molecule has 0 radical (unpaired) electrons. The molecule has 7 nitrogen and oxygen atoms in total. The highest BCUT2D eigenvalue weighted by molar-refractivity contribution is 7.80. The van der Waals surface area contributed by atoms with Crippen molar-refractivity contribution in [2.45, 2.75) is 12.5 Å². The van der Waals surface area contributed by atoms with Gasteiger partial charge in [0.25, 0.3) is 0 Å². The largest absolute Gasteiger partial charge is 0.375 e. The Morgan fingerprint density at radius 2 is 1.77 bits per heavy atom. The average Bonchev–Trinajstić information content (AvgIpc) is 3.31. The third-order valence-corrected chi connectivity index (χ3v) is 7.43. The lowest BCUT2D eigenvalue weighted by Gasteiger charge is -2.38. The van der Waals surface area contributed by atoms with Crippen LogP contribution in [0, 0.1) is 5.82 Å². The maximum atomic E-state index is 15.4. The summed E-state index contributed by atoms with van der Waals surface area (Å²) in [5.41, 5.74) is 11.3. The van der Waals surface area contributed by atoms with Gasteiger partial charge in [-0.15, -0.1) is 0 Å². The van der Waals surface area contributed by atoms with Crippen LogP contribution in [-0.4, -0.2) is 75.6 Å². The minimum Gasteiger partial charge on any atom is -0.375 e. The second-order valence-corrected chi connectivity index (χ2v) is 10.3. The van der Waals surface area contributed by atoms with Gasteiger partial charge in [-0.3, -0.25) is 5.43 Å². The quantitative estimate of drug-likeness (QED) is 0.330. The Kier molecular flexibility index (Phi) is 8.21. The molecule has 2 fully saturated rings. The highest BCUT2D eigenvalue weighted by atomic mass is 35.5. The van der Waals surface area contributed by atoms with Gasteiger partial charge in [0.1, 0.15) is 5.82 Å². The maximum absolute atomic E-state index is 15.4. The van der Waals surface area contributed by atoms with Crippen LogP contribution >= 0.6 is 35.4 Å². The number of hydrazone groups is 1. The van der Waals surface area contributed by atoms with Crippen LogP contribution in [0.3, 0.4) is 0 Å². The molecule has 2 aromatic carbocycles. The van der Waals surface area contributed by atoms with Gasteiger partial charge in [0.15, 0.2) is 5.11 Å². The van der Waals surface area contributed by atoms with Crippen molar-refractivity contribution in [3.8, 4) is 0 Å². The smallest absolute Gasteiger partial charge is 0.184 e. The van der Waals surface area contributed by atoms with E-state index in [-0.39, 0.29) is 10.9 Å². The van der Waals surface area contributed by atoms with Gasteiger partial charge in [0.2, 0.25) is 0 Å². The van der Waals surface area contributed by atoms with Crippen molar-refractivity contribution in [3.63, 3.8) is 0 Å². The molecule has 4 rings (SSSR count). The topological polar surface area (TPSA) is 63.4 Å². The number of rotatable bonds is 6. The molecule has 3 N–H and O–H groups in total. The fourth-order valence-corrected chi connectivity index (χ4v) is 4.97. The third kappa shape index (κ3) is 6.09. The first-order valence-electron chi connectivity index (χ1n) is 11.5. The van der Waals surface area contributed by atoms with Crippen LogP contribution in [0.2, 0.25) is 10.0 Å². The minimum absolute atomic E-state index is 0.0635. The first-order valence-corrected chi connectivity index (χ1v) is 12.7. The van der Waals surface area contributed by atoms with E-state index in [0.717, 1.165) is 44.0 Å². The lowest BCUT2D eigenvalue weighted by molar-refractivity contribution is 0.315. The third-order valence-electron chi connectivity index (χ3n) is 6.60. The van der Waals surface area contributed by atoms with Crippen molar-refractivity contribution in [1.29, 1.82) is 0 Å². The van der Waals surface area contributed by atoms with E-state index in [9.17, 15) is 0 Å². The monoisotopic (exact) mass is 537 g/mol. The predicted molar refractivity (Wildman–Crippen MR) is 149 cm³/mol. The summed E-state index contributed by atoms with van der Waals surface area (Å²) >= 11 is 17.1. The molecule has 2 aromatic rings. The maximum Gasteiger partial charge on any atom is 0.184 e. The van der Waals surface area contributed by atoms with E-state index in [1.54, 1.807) is 18.3 Å². The molecule has 11 heteroatoms. The highest BCUT2D eigenvalue weighted by Gasteiger charge is 2.28. The molecule has 2 heterocycles. The standard InChI is InChI=1S/C24H30Cl2FN7S/c1-31(2)18-5-6-34(15-18)22-13-23(21(27)11-16(22)14-29-30-24(28)35)33-9-7-32(8-10-33)17-3-4-19(25)20(26)12-17/h3-4,11-14,18H,5-10,15H2,1-2H3,(H3,28,30,35)/b29-14+/t18-/m1/s1. The van der Waals surface area contributed by atoms with Gasteiger partial charge in [-0.25, -0.2) is 4.39 Å². The van der Waals surface area contributed by atoms with Crippen LogP contribution in [0.4, 0.5) is 21.5 Å². The van der Waals surface area contributed by atoms with Crippen LogP contribution < -0.4 is 25.9 Å². The van der Waals surface area contributed by atoms with Gasteiger partial charge >= 0.3 is 0 Å². The number of thiocarbonyl (C=S) groups is 1. The fraction of sp³-hybridized carbons (Fsp3) is 0.417. The summed E-state index contributed by atoms with van der Waals surface area (Å²) in [5, 5.41) is 5.22. The van der Waals surface area contributed by atoms with E-state index in [1.165, 1.54) is 0 Å². The van der Waals surface area contributed by atoms with Gasteiger partial charge < -0.3 is 25.3 Å². The molecule has 0 bridgehead atoms. The van der Waals surface area contributed by atoms with Crippen LogP contribution in [0.15, 0.2) is 35.4 Å². The van der Waals surface area contributed by atoms with Crippen LogP contribution in [0.1, 0.15) is 12.0 Å². The zero-order chi connectivity index (χ0) is 25.1. The first-order chi connectivity index (χ1) is 16.7. The Hall–Kier alpha value is -2.33. The Bertz CT molecular complexity index is 1110. The average molecular weight is 539 g/mol. The molecule has 2 saturated heterocycles. The lowest BCUT2D eigenvalue weighted by Crippen LogP contribution is -2.47. The Labute approximate surface area is 221 Å². The van der Waals surface area contributed by atoms with Crippen molar-refractivity contribution >= 4 is 63.8 Å². The first kappa shape index (κ1) is 25.8. The Morgan fingerprint density at radius 1 is 1.06 bits per heavy atom. The zero-order valence-electron chi connectivity index (χ0n) is 19.8. The number of nitrogens with two attached hydrogens (primary N) is 1. The van der Waals surface area contributed by atoms with Crippen molar-refractivity contribution < 1.29 is 4.39 Å².